The molecule has 2 saturated heterocycles. The van der Waals surface area contributed by atoms with Gasteiger partial charge >= 0.3 is 0 Å². The summed E-state index contributed by atoms with van der Waals surface area (Å²) in [5, 5.41) is 14.1. The van der Waals surface area contributed by atoms with Gasteiger partial charge in [-0.1, -0.05) is 0 Å². The fourth-order valence-electron chi connectivity index (χ4n) is 5.50. The van der Waals surface area contributed by atoms with Crippen LogP contribution in [0.2, 0.25) is 0 Å². The van der Waals surface area contributed by atoms with Crippen LogP contribution in [0.4, 0.5) is 22.0 Å². The maximum Gasteiger partial charge on any atom is 0.228 e. The Bertz CT molecular complexity index is 1410. The monoisotopic (exact) mass is 514 g/mol. The third kappa shape index (κ3) is 4.64. The molecule has 2 aliphatic rings. The van der Waals surface area contributed by atoms with Crippen molar-refractivity contribution < 1.29 is 4.39 Å². The topological polar surface area (TPSA) is 103 Å². The summed E-state index contributed by atoms with van der Waals surface area (Å²) in [7, 11) is 0. The molecule has 0 spiro atoms. The van der Waals surface area contributed by atoms with E-state index in [1.54, 1.807) is 12.1 Å². The Kier molecular flexibility index (Phi) is 6.34. The van der Waals surface area contributed by atoms with Gasteiger partial charge in [0.25, 0.3) is 0 Å². The summed E-state index contributed by atoms with van der Waals surface area (Å²) in [6.45, 7) is 9.87. The molecule has 10 nitrogen and oxygen atoms in total. The Labute approximate surface area is 220 Å². The number of rotatable bonds is 5. The number of benzene rings is 1. The highest BCUT2D eigenvalue weighted by molar-refractivity contribution is 5.66. The lowest BCUT2D eigenvalue weighted by Crippen LogP contribution is -2.53. The van der Waals surface area contributed by atoms with Gasteiger partial charge in [-0.25, -0.2) is 19.5 Å². The lowest BCUT2D eigenvalue weighted by Gasteiger charge is -2.41. The minimum Gasteiger partial charge on any atom is -0.353 e. The number of halogens is 1. The van der Waals surface area contributed by atoms with E-state index < -0.39 is 0 Å². The zero-order valence-electron chi connectivity index (χ0n) is 21.8. The zero-order valence-corrected chi connectivity index (χ0v) is 21.8. The van der Waals surface area contributed by atoms with Crippen LogP contribution < -0.4 is 14.7 Å². The van der Waals surface area contributed by atoms with E-state index in [4.69, 9.17) is 15.0 Å². The van der Waals surface area contributed by atoms with E-state index in [1.165, 1.54) is 12.1 Å². The smallest absolute Gasteiger partial charge is 0.228 e. The maximum absolute atomic E-state index is 13.6. The maximum atomic E-state index is 13.6. The summed E-state index contributed by atoms with van der Waals surface area (Å²) in [6, 6.07) is 11.2. The second kappa shape index (κ2) is 9.96. The van der Waals surface area contributed by atoms with Crippen molar-refractivity contribution in [2.24, 2.45) is 0 Å². The van der Waals surface area contributed by atoms with Gasteiger partial charge in [0.05, 0.1) is 5.69 Å². The molecule has 0 amide bonds. The molecule has 0 saturated carbocycles. The summed E-state index contributed by atoms with van der Waals surface area (Å²) < 4.78 is 13.6. The molecule has 6 rings (SSSR count). The second-order valence-corrected chi connectivity index (χ2v) is 10.2. The molecule has 11 heteroatoms. The molecule has 1 aromatic carbocycles. The summed E-state index contributed by atoms with van der Waals surface area (Å²) >= 11 is 0. The number of nitrogens with zero attached hydrogens (tertiary/aromatic N) is 9. The quantitative estimate of drug-likeness (QED) is 0.425. The fraction of sp³-hybridized carbons (Fsp3) is 0.407. The third-order valence-electron chi connectivity index (χ3n) is 7.54. The number of nitrogens with one attached hydrogen (secondary N) is 1. The first-order valence-electron chi connectivity index (χ1n) is 13.1. The molecular weight excluding hydrogens is 483 g/mol. The number of aromatic nitrogens is 7. The molecular formula is C27H31FN10. The lowest BCUT2D eigenvalue weighted by atomic mass is 10.1. The molecule has 0 unspecified atom stereocenters. The Balaban J connectivity index is 1.27. The van der Waals surface area contributed by atoms with Crippen LogP contribution in [-0.2, 0) is 0 Å². The Hall–Kier alpha value is -4.15. The van der Waals surface area contributed by atoms with Gasteiger partial charge in [0.2, 0.25) is 5.95 Å². The molecule has 0 bridgehead atoms. The van der Waals surface area contributed by atoms with Gasteiger partial charge < -0.3 is 14.7 Å². The molecule has 2 aliphatic heterocycles. The average Bonchev–Trinajstić information content (AvgIpc) is 3.61. The number of anilines is 3. The highest BCUT2D eigenvalue weighted by atomic mass is 19.1. The van der Waals surface area contributed by atoms with Crippen molar-refractivity contribution in [3.63, 3.8) is 0 Å². The van der Waals surface area contributed by atoms with Crippen molar-refractivity contribution in [2.75, 3.05) is 40.9 Å². The molecule has 2 atom stereocenters. The Morgan fingerprint density at radius 2 is 1.79 bits per heavy atom. The largest absolute Gasteiger partial charge is 0.353 e. The van der Waals surface area contributed by atoms with E-state index in [0.29, 0.717) is 11.9 Å². The standard InChI is InChI=1S/C27H31FN10/c1-17-13-21(25-32-34-35-33-25)15-29-26(17)36-11-12-37(19(3)16-36)24-14-23(20-6-8-22(28)9-7-20)30-27(31-24)38-10-4-5-18(38)2/h6-9,13-15,18-19H,4-5,10-12,16H2,1-3H3,(H,32,33,34,35)/t18-,19-/m1/s1. The highest BCUT2D eigenvalue weighted by Gasteiger charge is 2.29. The molecule has 5 heterocycles. The molecule has 196 valence electrons. The van der Waals surface area contributed by atoms with Crippen LogP contribution in [0.15, 0.2) is 42.6 Å². The highest BCUT2D eigenvalue weighted by Crippen LogP contribution is 2.31. The first-order valence-corrected chi connectivity index (χ1v) is 13.1. The van der Waals surface area contributed by atoms with Crippen molar-refractivity contribution in [2.45, 2.75) is 45.7 Å². The second-order valence-electron chi connectivity index (χ2n) is 10.2. The van der Waals surface area contributed by atoms with Crippen LogP contribution in [0.3, 0.4) is 0 Å². The van der Waals surface area contributed by atoms with Crippen molar-refractivity contribution in [1.29, 1.82) is 0 Å². The van der Waals surface area contributed by atoms with Crippen molar-refractivity contribution in [1.82, 2.24) is 35.6 Å². The number of hydrogen-bond donors (Lipinski definition) is 1. The SMILES string of the molecule is Cc1cc(-c2nnn[nH]2)cnc1N1CCN(c2cc(-c3ccc(F)cc3)nc(N3CCC[C@H]3C)n2)[C@H](C)C1. The van der Waals surface area contributed by atoms with E-state index >= 15 is 0 Å². The number of piperazine rings is 1. The summed E-state index contributed by atoms with van der Waals surface area (Å²) in [5.41, 5.74) is 3.64. The number of H-pyrrole nitrogens is 1. The van der Waals surface area contributed by atoms with E-state index in [-0.39, 0.29) is 11.9 Å². The fourth-order valence-corrected chi connectivity index (χ4v) is 5.50. The van der Waals surface area contributed by atoms with E-state index in [2.05, 4.69) is 62.2 Å². The van der Waals surface area contributed by atoms with Gasteiger partial charge in [-0.2, -0.15) is 4.98 Å². The van der Waals surface area contributed by atoms with Gasteiger partial charge in [0.1, 0.15) is 17.5 Å². The molecule has 4 aromatic rings. The molecule has 38 heavy (non-hydrogen) atoms. The predicted molar refractivity (Wildman–Crippen MR) is 145 cm³/mol. The first-order chi connectivity index (χ1) is 18.5. The Morgan fingerprint density at radius 1 is 0.947 bits per heavy atom. The molecule has 1 N–H and O–H groups in total. The van der Waals surface area contributed by atoms with Gasteiger partial charge in [0.15, 0.2) is 5.82 Å². The van der Waals surface area contributed by atoms with Crippen LogP contribution in [0.25, 0.3) is 22.6 Å². The van der Waals surface area contributed by atoms with Gasteiger partial charge in [-0.05, 0) is 79.9 Å². The number of hydrogen-bond acceptors (Lipinski definition) is 9. The average molecular weight is 515 g/mol. The van der Waals surface area contributed by atoms with Crippen LogP contribution in [0.5, 0.6) is 0 Å². The van der Waals surface area contributed by atoms with Crippen LogP contribution in [0, 0.1) is 12.7 Å². The number of aromatic amines is 1. The predicted octanol–water partition coefficient (Wildman–Crippen LogP) is 3.87. The normalized spacial score (nSPS) is 19.8. The van der Waals surface area contributed by atoms with Crippen LogP contribution in [0.1, 0.15) is 32.3 Å². The zero-order chi connectivity index (χ0) is 26.2. The minimum absolute atomic E-state index is 0.197. The number of aryl methyl sites for hydroxylation is 1. The van der Waals surface area contributed by atoms with Crippen molar-refractivity contribution in [3.8, 4) is 22.6 Å². The molecule has 0 radical (unpaired) electrons. The third-order valence-corrected chi connectivity index (χ3v) is 7.54. The van der Waals surface area contributed by atoms with Crippen molar-refractivity contribution >= 4 is 17.6 Å². The number of tetrazole rings is 1. The van der Waals surface area contributed by atoms with E-state index in [1.807, 2.05) is 12.3 Å². The van der Waals surface area contributed by atoms with Crippen molar-refractivity contribution in [3.05, 3.63) is 54.0 Å². The summed E-state index contributed by atoms with van der Waals surface area (Å²) in [4.78, 5) is 21.7. The van der Waals surface area contributed by atoms with Gasteiger partial charge in [-0.3, -0.25) is 0 Å². The summed E-state index contributed by atoms with van der Waals surface area (Å²) in [5.74, 6) is 2.97. The van der Waals surface area contributed by atoms with Gasteiger partial charge in [0, 0.05) is 61.7 Å². The minimum atomic E-state index is -0.254. The first kappa shape index (κ1) is 24.2. The number of pyridine rings is 1. The molecule has 3 aromatic heterocycles. The molecule has 0 aliphatic carbocycles. The molecule has 2 fully saturated rings. The van der Waals surface area contributed by atoms with E-state index in [0.717, 1.165) is 79.0 Å². The van der Waals surface area contributed by atoms with Crippen LogP contribution >= 0.6 is 0 Å². The lowest BCUT2D eigenvalue weighted by molar-refractivity contribution is 0.541. The Morgan fingerprint density at radius 3 is 2.47 bits per heavy atom. The summed E-state index contributed by atoms with van der Waals surface area (Å²) in [6.07, 6.45) is 4.07. The van der Waals surface area contributed by atoms with Crippen LogP contribution in [-0.4, -0.2) is 73.8 Å². The van der Waals surface area contributed by atoms with Gasteiger partial charge in [-0.15, -0.1) is 5.10 Å². The van der Waals surface area contributed by atoms with E-state index in [9.17, 15) is 4.39 Å².